The summed E-state index contributed by atoms with van der Waals surface area (Å²) in [5.74, 6) is -0.202. The Bertz CT molecular complexity index is 441. The van der Waals surface area contributed by atoms with Gasteiger partial charge in [0.25, 0.3) is 0 Å². The predicted octanol–water partition coefficient (Wildman–Crippen LogP) is 3.58. The number of rotatable bonds is 6. The fraction of sp³-hybridized carbons (Fsp3) is 0.600. The maximum atomic E-state index is 12.1. The van der Waals surface area contributed by atoms with E-state index in [1.165, 1.54) is 12.1 Å². The van der Waals surface area contributed by atoms with Crippen molar-refractivity contribution in [2.75, 3.05) is 20.6 Å². The lowest BCUT2D eigenvalue weighted by atomic mass is 10.0. The van der Waals surface area contributed by atoms with Crippen LogP contribution in [-0.2, 0) is 0 Å². The number of alkyl halides is 3. The van der Waals surface area contributed by atoms with Crippen LogP contribution in [0, 0.1) is 0 Å². The Hall–Kier alpha value is -1.27. The van der Waals surface area contributed by atoms with E-state index in [0.29, 0.717) is 0 Å². The molecule has 6 heteroatoms. The molecule has 0 amide bonds. The second-order valence-electron chi connectivity index (χ2n) is 5.93. The third kappa shape index (κ3) is 5.93. The first-order valence-electron chi connectivity index (χ1n) is 6.78. The fourth-order valence-corrected chi connectivity index (χ4v) is 1.64. The molecule has 1 atom stereocenters. The van der Waals surface area contributed by atoms with E-state index >= 15 is 0 Å². The lowest BCUT2D eigenvalue weighted by molar-refractivity contribution is -0.274. The van der Waals surface area contributed by atoms with E-state index in [2.05, 4.69) is 28.8 Å². The molecule has 0 fully saturated rings. The number of nitrogens with one attached hydrogen (secondary N) is 1. The van der Waals surface area contributed by atoms with Gasteiger partial charge in [0.15, 0.2) is 0 Å². The molecule has 0 saturated carbocycles. The first-order chi connectivity index (χ1) is 9.51. The minimum Gasteiger partial charge on any atom is -0.406 e. The van der Waals surface area contributed by atoms with Gasteiger partial charge in [-0.3, -0.25) is 0 Å². The summed E-state index contributed by atoms with van der Waals surface area (Å²) in [6.07, 6.45) is -4.65. The van der Waals surface area contributed by atoms with Crippen molar-refractivity contribution in [3.63, 3.8) is 0 Å². The van der Waals surface area contributed by atoms with E-state index in [9.17, 15) is 13.2 Å². The lowest BCUT2D eigenvalue weighted by Crippen LogP contribution is -2.47. The third-order valence-electron chi connectivity index (χ3n) is 3.67. The van der Waals surface area contributed by atoms with E-state index in [0.717, 1.165) is 12.1 Å². The molecule has 21 heavy (non-hydrogen) atoms. The molecule has 1 aromatic carbocycles. The molecule has 1 aromatic rings. The zero-order valence-corrected chi connectivity index (χ0v) is 13.1. The number of likely N-dealkylation sites (N-methyl/N-ethyl adjacent to an activating group) is 1. The van der Waals surface area contributed by atoms with Crippen LogP contribution in [0.25, 0.3) is 0 Å². The van der Waals surface area contributed by atoms with Gasteiger partial charge < -0.3 is 15.0 Å². The third-order valence-corrected chi connectivity index (χ3v) is 3.67. The van der Waals surface area contributed by atoms with E-state index in [-0.39, 0.29) is 17.3 Å². The Balaban J connectivity index is 2.61. The topological polar surface area (TPSA) is 24.5 Å². The maximum Gasteiger partial charge on any atom is 0.573 e. The van der Waals surface area contributed by atoms with Gasteiger partial charge in [-0.1, -0.05) is 12.1 Å². The molecule has 0 aliphatic rings. The van der Waals surface area contributed by atoms with Gasteiger partial charge in [-0.15, -0.1) is 13.2 Å². The highest BCUT2D eigenvalue weighted by Gasteiger charge is 2.31. The maximum absolute atomic E-state index is 12.1. The standard InChI is InChI=1S/C15H23F3N2O/c1-11(19-10-14(2,3)20(4)5)12-6-8-13(9-7-12)21-15(16,17)18/h6-9,11,19H,10H2,1-5H3. The Morgan fingerprint density at radius 1 is 1.14 bits per heavy atom. The zero-order chi connectivity index (χ0) is 16.3. The summed E-state index contributed by atoms with van der Waals surface area (Å²) in [6, 6.07) is 5.99. The molecule has 0 radical (unpaired) electrons. The Morgan fingerprint density at radius 2 is 1.67 bits per heavy atom. The summed E-state index contributed by atoms with van der Waals surface area (Å²) in [6.45, 7) is 6.98. The van der Waals surface area contributed by atoms with Gasteiger partial charge in [-0.25, -0.2) is 0 Å². The van der Waals surface area contributed by atoms with E-state index in [1.807, 2.05) is 21.0 Å². The van der Waals surface area contributed by atoms with Crippen LogP contribution in [-0.4, -0.2) is 37.4 Å². The first kappa shape index (κ1) is 17.8. The van der Waals surface area contributed by atoms with Crippen molar-refractivity contribution < 1.29 is 17.9 Å². The number of benzene rings is 1. The van der Waals surface area contributed by atoms with E-state index < -0.39 is 6.36 Å². The first-order valence-corrected chi connectivity index (χ1v) is 6.78. The van der Waals surface area contributed by atoms with Gasteiger partial charge in [-0.05, 0) is 52.6 Å². The number of halogens is 3. The van der Waals surface area contributed by atoms with Gasteiger partial charge >= 0.3 is 6.36 Å². The quantitative estimate of drug-likeness (QED) is 0.869. The normalized spacial score (nSPS) is 14.3. The van der Waals surface area contributed by atoms with Crippen LogP contribution in [0.2, 0.25) is 0 Å². The molecule has 1 rings (SSSR count). The molecule has 1 N–H and O–H groups in total. The molecular weight excluding hydrogens is 281 g/mol. The van der Waals surface area contributed by atoms with Crippen molar-refractivity contribution in [1.29, 1.82) is 0 Å². The number of hydrogen-bond donors (Lipinski definition) is 1. The number of nitrogens with zero attached hydrogens (tertiary/aromatic N) is 1. The fourth-order valence-electron chi connectivity index (χ4n) is 1.64. The van der Waals surface area contributed by atoms with Gasteiger partial charge in [-0.2, -0.15) is 0 Å². The summed E-state index contributed by atoms with van der Waals surface area (Å²) in [4.78, 5) is 2.12. The minimum absolute atomic E-state index is 0.00635. The SMILES string of the molecule is CC(NCC(C)(C)N(C)C)c1ccc(OC(F)(F)F)cc1. The smallest absolute Gasteiger partial charge is 0.406 e. The summed E-state index contributed by atoms with van der Waals surface area (Å²) >= 11 is 0. The van der Waals surface area contributed by atoms with E-state index in [1.54, 1.807) is 12.1 Å². The molecule has 0 saturated heterocycles. The summed E-state index contributed by atoms with van der Waals surface area (Å²) < 4.78 is 40.1. The molecule has 120 valence electrons. The largest absolute Gasteiger partial charge is 0.573 e. The van der Waals surface area contributed by atoms with Gasteiger partial charge in [0.1, 0.15) is 5.75 Å². The highest BCUT2D eigenvalue weighted by molar-refractivity contribution is 5.29. The molecule has 0 bridgehead atoms. The average molecular weight is 304 g/mol. The van der Waals surface area contributed by atoms with Crippen molar-refractivity contribution >= 4 is 0 Å². The van der Waals surface area contributed by atoms with Crippen molar-refractivity contribution in [2.24, 2.45) is 0 Å². The summed E-state index contributed by atoms with van der Waals surface area (Å²) in [5.41, 5.74) is 0.909. The Morgan fingerprint density at radius 3 is 2.10 bits per heavy atom. The summed E-state index contributed by atoms with van der Waals surface area (Å²) in [7, 11) is 4.02. The molecule has 0 spiro atoms. The van der Waals surface area contributed by atoms with Gasteiger partial charge in [0.05, 0.1) is 0 Å². The lowest BCUT2D eigenvalue weighted by Gasteiger charge is -2.34. The summed E-state index contributed by atoms with van der Waals surface area (Å²) in [5, 5.41) is 3.38. The van der Waals surface area contributed by atoms with Crippen molar-refractivity contribution in [3.05, 3.63) is 29.8 Å². The van der Waals surface area contributed by atoms with Crippen LogP contribution in [0.5, 0.6) is 5.75 Å². The molecule has 0 aliphatic carbocycles. The zero-order valence-electron chi connectivity index (χ0n) is 13.1. The number of ether oxygens (including phenoxy) is 1. The molecule has 0 aromatic heterocycles. The van der Waals surface area contributed by atoms with Crippen LogP contribution >= 0.6 is 0 Å². The van der Waals surface area contributed by atoms with E-state index in [4.69, 9.17) is 0 Å². The van der Waals surface area contributed by atoms with Crippen molar-refractivity contribution in [1.82, 2.24) is 10.2 Å². The van der Waals surface area contributed by atoms with Crippen LogP contribution < -0.4 is 10.1 Å². The van der Waals surface area contributed by atoms with Crippen molar-refractivity contribution in [2.45, 2.75) is 38.7 Å². The monoisotopic (exact) mass is 304 g/mol. The van der Waals surface area contributed by atoms with Crippen LogP contribution in [0.3, 0.4) is 0 Å². The Kier molecular flexibility index (Phi) is 5.64. The molecule has 0 heterocycles. The molecule has 1 unspecified atom stereocenters. The minimum atomic E-state index is -4.65. The van der Waals surface area contributed by atoms with Crippen molar-refractivity contribution in [3.8, 4) is 5.75 Å². The molecule has 0 aliphatic heterocycles. The van der Waals surface area contributed by atoms with Crippen LogP contribution in [0.15, 0.2) is 24.3 Å². The molecule has 3 nitrogen and oxygen atoms in total. The Labute approximate surface area is 124 Å². The predicted molar refractivity (Wildman–Crippen MR) is 77.3 cm³/mol. The van der Waals surface area contributed by atoms with Gasteiger partial charge in [0.2, 0.25) is 0 Å². The second kappa shape index (κ2) is 6.66. The molecular formula is C15H23F3N2O. The van der Waals surface area contributed by atoms with Crippen LogP contribution in [0.1, 0.15) is 32.4 Å². The average Bonchev–Trinajstić information content (AvgIpc) is 2.35. The van der Waals surface area contributed by atoms with Crippen LogP contribution in [0.4, 0.5) is 13.2 Å². The number of hydrogen-bond acceptors (Lipinski definition) is 3. The second-order valence-corrected chi connectivity index (χ2v) is 5.93. The highest BCUT2D eigenvalue weighted by Crippen LogP contribution is 2.24. The van der Waals surface area contributed by atoms with Gasteiger partial charge in [0, 0.05) is 18.1 Å². The highest BCUT2D eigenvalue weighted by atomic mass is 19.4.